The molecular weight excluding hydrogens is 507 g/mol. The zero-order valence-electron chi connectivity index (χ0n) is 19.1. The maximum Gasteiger partial charge on any atom is 0.231 e. The molecule has 0 bridgehead atoms. The van der Waals surface area contributed by atoms with E-state index in [2.05, 4.69) is 53.4 Å². The van der Waals surface area contributed by atoms with Crippen molar-refractivity contribution < 1.29 is 14.2 Å². The topological polar surface area (TPSA) is 67.4 Å². The van der Waals surface area contributed by atoms with Gasteiger partial charge in [0.1, 0.15) is 0 Å². The second-order valence-electron chi connectivity index (χ2n) is 9.16. The summed E-state index contributed by atoms with van der Waals surface area (Å²) in [7, 11) is 1.85. The standard InChI is InChI=1S/C23H36N4O3.HI/c1-16(2)27-12-17(3)19(13-27)26-22(24-4)25-14-23(7-9-28-10-8-23)18-5-6-20-21(11-18)30-15-29-20;/h5-6,11,16-17,19H,7-10,12-15H2,1-4H3,(H2,24,25,26);1H. The van der Waals surface area contributed by atoms with Crippen LogP contribution in [0.3, 0.4) is 0 Å². The van der Waals surface area contributed by atoms with Crippen LogP contribution in [0.4, 0.5) is 0 Å². The summed E-state index contributed by atoms with van der Waals surface area (Å²) in [6, 6.07) is 7.34. The molecule has 7 nitrogen and oxygen atoms in total. The maximum absolute atomic E-state index is 5.69. The molecular formula is C23H37IN4O3. The molecule has 0 saturated carbocycles. The lowest BCUT2D eigenvalue weighted by Gasteiger charge is -2.38. The summed E-state index contributed by atoms with van der Waals surface area (Å²) in [6.45, 7) is 11.7. The fourth-order valence-electron chi connectivity index (χ4n) is 4.79. The van der Waals surface area contributed by atoms with E-state index in [1.54, 1.807) is 0 Å². The smallest absolute Gasteiger partial charge is 0.231 e. The molecule has 3 heterocycles. The highest BCUT2D eigenvalue weighted by Gasteiger charge is 2.36. The first-order valence-electron chi connectivity index (χ1n) is 11.2. The van der Waals surface area contributed by atoms with Gasteiger partial charge in [0.25, 0.3) is 0 Å². The van der Waals surface area contributed by atoms with Gasteiger partial charge in [0.05, 0.1) is 0 Å². The Morgan fingerprint density at radius 2 is 1.94 bits per heavy atom. The van der Waals surface area contributed by atoms with Crippen molar-refractivity contribution in [1.29, 1.82) is 0 Å². The molecule has 0 aliphatic carbocycles. The lowest BCUT2D eigenvalue weighted by Crippen LogP contribution is -2.51. The van der Waals surface area contributed by atoms with Crippen LogP contribution in [0, 0.1) is 5.92 Å². The summed E-state index contributed by atoms with van der Waals surface area (Å²) in [5.74, 6) is 3.15. The van der Waals surface area contributed by atoms with Crippen LogP contribution >= 0.6 is 24.0 Å². The summed E-state index contributed by atoms with van der Waals surface area (Å²) in [6.07, 6.45) is 1.94. The van der Waals surface area contributed by atoms with Crippen molar-refractivity contribution in [2.45, 2.75) is 51.1 Å². The van der Waals surface area contributed by atoms with Gasteiger partial charge >= 0.3 is 0 Å². The van der Waals surface area contributed by atoms with Gasteiger partial charge in [-0.15, -0.1) is 24.0 Å². The minimum absolute atomic E-state index is 0. The molecule has 1 aromatic carbocycles. The fourth-order valence-corrected chi connectivity index (χ4v) is 4.79. The van der Waals surface area contributed by atoms with Crippen LogP contribution in [0.25, 0.3) is 0 Å². The van der Waals surface area contributed by atoms with Crippen LogP contribution in [0.1, 0.15) is 39.2 Å². The molecule has 1 aromatic rings. The molecule has 2 atom stereocenters. The Kier molecular flexibility index (Phi) is 8.31. The molecule has 31 heavy (non-hydrogen) atoms. The molecule has 2 saturated heterocycles. The van der Waals surface area contributed by atoms with Crippen molar-refractivity contribution in [1.82, 2.24) is 15.5 Å². The van der Waals surface area contributed by atoms with Crippen LogP contribution in [-0.4, -0.2) is 69.6 Å². The third-order valence-corrected chi connectivity index (χ3v) is 6.95. The Hall–Kier alpha value is -1.26. The van der Waals surface area contributed by atoms with E-state index in [1.165, 1.54) is 5.56 Å². The SMILES string of the molecule is CN=C(NCC1(c2ccc3c(c2)OCO3)CCOCC1)NC1CN(C(C)C)CC1C.I. The minimum atomic E-state index is -0.0118. The summed E-state index contributed by atoms with van der Waals surface area (Å²) in [4.78, 5) is 7.05. The highest BCUT2D eigenvalue weighted by atomic mass is 127. The third kappa shape index (κ3) is 5.39. The lowest BCUT2D eigenvalue weighted by atomic mass is 9.74. The monoisotopic (exact) mass is 544 g/mol. The number of fused-ring (bicyclic) bond motifs is 1. The maximum atomic E-state index is 5.69. The highest BCUT2D eigenvalue weighted by molar-refractivity contribution is 14.0. The molecule has 0 spiro atoms. The van der Waals surface area contributed by atoms with Gasteiger partial charge in [-0.2, -0.15) is 0 Å². The summed E-state index contributed by atoms with van der Waals surface area (Å²) in [5, 5.41) is 7.30. The van der Waals surface area contributed by atoms with Gasteiger partial charge in [-0.05, 0) is 50.3 Å². The number of nitrogens with zero attached hydrogens (tertiary/aromatic N) is 2. The first kappa shape index (κ1) is 24.4. The van der Waals surface area contributed by atoms with Crippen LogP contribution in [0.2, 0.25) is 0 Å². The van der Waals surface area contributed by atoms with Crippen molar-refractivity contribution >= 4 is 29.9 Å². The third-order valence-electron chi connectivity index (χ3n) is 6.95. The molecule has 3 aliphatic rings. The molecule has 2 unspecified atom stereocenters. The molecule has 3 aliphatic heterocycles. The number of rotatable bonds is 5. The number of hydrogen-bond donors (Lipinski definition) is 2. The van der Waals surface area contributed by atoms with Gasteiger partial charge in [-0.3, -0.25) is 9.89 Å². The first-order valence-corrected chi connectivity index (χ1v) is 11.2. The van der Waals surface area contributed by atoms with Crippen molar-refractivity contribution in [3.63, 3.8) is 0 Å². The van der Waals surface area contributed by atoms with E-state index in [9.17, 15) is 0 Å². The first-order chi connectivity index (χ1) is 14.5. The number of hydrogen-bond acceptors (Lipinski definition) is 5. The number of benzene rings is 1. The Morgan fingerprint density at radius 3 is 2.61 bits per heavy atom. The number of ether oxygens (including phenoxy) is 3. The largest absolute Gasteiger partial charge is 0.454 e. The second kappa shape index (κ2) is 10.6. The molecule has 0 aromatic heterocycles. The van der Waals surface area contributed by atoms with Crippen molar-refractivity contribution in [2.24, 2.45) is 10.9 Å². The van der Waals surface area contributed by atoms with E-state index in [0.717, 1.165) is 63.1 Å². The molecule has 174 valence electrons. The molecule has 2 fully saturated rings. The van der Waals surface area contributed by atoms with E-state index in [0.29, 0.717) is 24.8 Å². The van der Waals surface area contributed by atoms with Gasteiger partial charge in [0.2, 0.25) is 6.79 Å². The van der Waals surface area contributed by atoms with Crippen LogP contribution in [0.15, 0.2) is 23.2 Å². The van der Waals surface area contributed by atoms with Crippen molar-refractivity contribution in [3.05, 3.63) is 23.8 Å². The lowest BCUT2D eigenvalue weighted by molar-refractivity contribution is 0.0513. The molecule has 0 amide bonds. The Morgan fingerprint density at radius 1 is 1.19 bits per heavy atom. The van der Waals surface area contributed by atoms with E-state index in [1.807, 2.05) is 13.1 Å². The molecule has 8 heteroatoms. The average molecular weight is 544 g/mol. The molecule has 4 rings (SSSR count). The number of nitrogens with one attached hydrogen (secondary N) is 2. The van der Waals surface area contributed by atoms with Gasteiger partial charge in [-0.1, -0.05) is 13.0 Å². The summed E-state index contributed by atoms with van der Waals surface area (Å²) in [5.41, 5.74) is 1.26. The van der Waals surface area contributed by atoms with Gasteiger partial charge < -0.3 is 24.8 Å². The quantitative estimate of drug-likeness (QED) is 0.338. The van der Waals surface area contributed by atoms with E-state index >= 15 is 0 Å². The predicted octanol–water partition coefficient (Wildman–Crippen LogP) is 2.98. The predicted molar refractivity (Wildman–Crippen MR) is 134 cm³/mol. The van der Waals surface area contributed by atoms with E-state index < -0.39 is 0 Å². The van der Waals surface area contributed by atoms with Gasteiger partial charge in [-0.25, -0.2) is 0 Å². The summed E-state index contributed by atoms with van der Waals surface area (Å²) < 4.78 is 16.8. The molecule has 0 radical (unpaired) electrons. The Bertz CT molecular complexity index is 767. The van der Waals surface area contributed by atoms with Gasteiger partial charge in [0, 0.05) is 57.4 Å². The molecule has 2 N–H and O–H groups in total. The number of guanidine groups is 1. The van der Waals surface area contributed by atoms with Crippen molar-refractivity contribution in [3.8, 4) is 11.5 Å². The number of likely N-dealkylation sites (tertiary alicyclic amines) is 1. The van der Waals surface area contributed by atoms with Crippen molar-refractivity contribution in [2.75, 3.05) is 46.7 Å². The fraction of sp³-hybridized carbons (Fsp3) is 0.696. The number of halogens is 1. The van der Waals surface area contributed by atoms with Gasteiger partial charge in [0.15, 0.2) is 17.5 Å². The second-order valence-corrected chi connectivity index (χ2v) is 9.16. The Balaban J connectivity index is 0.00000272. The average Bonchev–Trinajstić information content (AvgIpc) is 3.37. The highest BCUT2D eigenvalue weighted by Crippen LogP contribution is 2.40. The van der Waals surface area contributed by atoms with Crippen LogP contribution in [0.5, 0.6) is 11.5 Å². The van der Waals surface area contributed by atoms with E-state index in [-0.39, 0.29) is 29.4 Å². The van der Waals surface area contributed by atoms with Crippen LogP contribution in [-0.2, 0) is 10.2 Å². The summed E-state index contributed by atoms with van der Waals surface area (Å²) >= 11 is 0. The zero-order chi connectivity index (χ0) is 21.1. The number of aliphatic imine (C=N–C) groups is 1. The normalized spacial score (nSPS) is 25.4. The van der Waals surface area contributed by atoms with E-state index in [4.69, 9.17) is 14.2 Å². The Labute approximate surface area is 203 Å². The minimum Gasteiger partial charge on any atom is -0.454 e. The zero-order valence-corrected chi connectivity index (χ0v) is 21.5. The van der Waals surface area contributed by atoms with Crippen LogP contribution < -0.4 is 20.1 Å².